The molecule has 1 aliphatic heterocycles. The van der Waals surface area contributed by atoms with Gasteiger partial charge < -0.3 is 10.2 Å². The van der Waals surface area contributed by atoms with Gasteiger partial charge in [-0.25, -0.2) is 4.39 Å². The number of rotatable bonds is 3. The number of halogens is 1. The number of likely N-dealkylation sites (N-methyl/N-ethyl adjacent to an activating group) is 1. The van der Waals surface area contributed by atoms with Crippen LogP contribution in [-0.2, 0) is 11.3 Å². The summed E-state index contributed by atoms with van der Waals surface area (Å²) in [5.74, 6) is -0.126. The highest BCUT2D eigenvalue weighted by Gasteiger charge is 2.29. The van der Waals surface area contributed by atoms with E-state index in [-0.39, 0.29) is 17.8 Å². The number of nitrogens with one attached hydrogen (secondary N) is 1. The molecule has 1 atom stereocenters. The van der Waals surface area contributed by atoms with Crippen molar-refractivity contribution in [1.82, 2.24) is 15.1 Å². The predicted octanol–water partition coefficient (Wildman–Crippen LogP) is 0.688. The van der Waals surface area contributed by atoms with Crippen LogP contribution in [0.5, 0.6) is 0 Å². The lowest BCUT2D eigenvalue weighted by atomic mass is 10.1. The minimum absolute atomic E-state index is 0.106. The summed E-state index contributed by atoms with van der Waals surface area (Å²) in [6.45, 7) is 3.03. The van der Waals surface area contributed by atoms with Gasteiger partial charge in [0.05, 0.1) is 0 Å². The van der Waals surface area contributed by atoms with Gasteiger partial charge in [-0.3, -0.25) is 9.69 Å². The molecule has 0 aliphatic carbocycles. The zero-order valence-corrected chi connectivity index (χ0v) is 11.4. The zero-order chi connectivity index (χ0) is 13.8. The average molecular weight is 265 g/mol. The van der Waals surface area contributed by atoms with Gasteiger partial charge in [-0.15, -0.1) is 0 Å². The summed E-state index contributed by atoms with van der Waals surface area (Å²) in [6, 6.07) is 6.32. The molecule has 19 heavy (non-hydrogen) atoms. The number of hydrogen-bond acceptors (Lipinski definition) is 3. The van der Waals surface area contributed by atoms with Crippen molar-refractivity contribution in [3.05, 3.63) is 35.6 Å². The molecule has 0 aromatic heterocycles. The molecule has 0 saturated carbocycles. The first kappa shape index (κ1) is 14.0. The van der Waals surface area contributed by atoms with Gasteiger partial charge in [0.2, 0.25) is 5.91 Å². The van der Waals surface area contributed by atoms with Gasteiger partial charge in [-0.2, -0.15) is 0 Å². The minimum atomic E-state index is -0.232. The molecule has 1 aromatic rings. The summed E-state index contributed by atoms with van der Waals surface area (Å²) in [4.78, 5) is 15.9. The number of hydrogen-bond donors (Lipinski definition) is 1. The molecular formula is C14H20FN3O. The lowest BCUT2D eigenvalue weighted by Crippen LogP contribution is -2.57. The topological polar surface area (TPSA) is 35.6 Å². The average Bonchev–Trinajstić information content (AvgIpc) is 2.41. The van der Waals surface area contributed by atoms with Crippen molar-refractivity contribution in [2.24, 2.45) is 0 Å². The normalized spacial score (nSPS) is 20.3. The fourth-order valence-corrected chi connectivity index (χ4v) is 2.30. The summed E-state index contributed by atoms with van der Waals surface area (Å²) in [7, 11) is 3.54. The van der Waals surface area contributed by atoms with Crippen LogP contribution in [-0.4, -0.2) is 55.5 Å². The third-order valence-corrected chi connectivity index (χ3v) is 3.38. The van der Waals surface area contributed by atoms with Crippen molar-refractivity contribution in [3.8, 4) is 0 Å². The van der Waals surface area contributed by atoms with E-state index in [1.807, 2.05) is 0 Å². The van der Waals surface area contributed by atoms with Crippen LogP contribution in [0.1, 0.15) is 5.56 Å². The third-order valence-electron chi connectivity index (χ3n) is 3.38. The fraction of sp³-hybridized carbons (Fsp3) is 0.500. The largest absolute Gasteiger partial charge is 0.347 e. The van der Waals surface area contributed by atoms with Crippen LogP contribution in [0.25, 0.3) is 0 Å². The Balaban J connectivity index is 2.07. The van der Waals surface area contributed by atoms with Gasteiger partial charge in [0.25, 0.3) is 0 Å². The van der Waals surface area contributed by atoms with Crippen molar-refractivity contribution < 1.29 is 9.18 Å². The molecule has 4 nitrogen and oxygen atoms in total. The summed E-state index contributed by atoms with van der Waals surface area (Å²) < 4.78 is 12.9. The van der Waals surface area contributed by atoms with Crippen LogP contribution in [0.4, 0.5) is 4.39 Å². The van der Waals surface area contributed by atoms with Crippen molar-refractivity contribution in [2.75, 3.05) is 33.7 Å². The molecule has 1 aromatic carbocycles. The maximum atomic E-state index is 12.9. The smallest absolute Gasteiger partial charge is 0.240 e. The number of benzene rings is 1. The molecule has 104 valence electrons. The van der Waals surface area contributed by atoms with E-state index in [9.17, 15) is 9.18 Å². The maximum Gasteiger partial charge on any atom is 0.240 e. The Bertz CT molecular complexity index is 433. The Morgan fingerprint density at radius 3 is 2.74 bits per heavy atom. The van der Waals surface area contributed by atoms with Crippen molar-refractivity contribution >= 4 is 5.91 Å². The Kier molecular flexibility index (Phi) is 4.50. The van der Waals surface area contributed by atoms with Gasteiger partial charge in [0.1, 0.15) is 11.9 Å². The van der Waals surface area contributed by atoms with Crippen LogP contribution in [0.3, 0.4) is 0 Å². The van der Waals surface area contributed by atoms with Gasteiger partial charge in [-0.1, -0.05) is 12.1 Å². The van der Waals surface area contributed by atoms with Crippen LogP contribution in [0.15, 0.2) is 24.3 Å². The van der Waals surface area contributed by atoms with Gasteiger partial charge in [0.15, 0.2) is 0 Å². The molecule has 1 aliphatic rings. The highest BCUT2D eigenvalue weighted by atomic mass is 19.1. The minimum Gasteiger partial charge on any atom is -0.347 e. The second-order valence-corrected chi connectivity index (χ2v) is 5.05. The quantitative estimate of drug-likeness (QED) is 0.873. The van der Waals surface area contributed by atoms with E-state index in [1.54, 1.807) is 31.1 Å². The van der Waals surface area contributed by atoms with E-state index in [1.165, 1.54) is 12.1 Å². The van der Waals surface area contributed by atoms with Crippen molar-refractivity contribution in [1.29, 1.82) is 0 Å². The van der Waals surface area contributed by atoms with E-state index in [2.05, 4.69) is 10.2 Å². The Labute approximate surface area is 113 Å². The maximum absolute atomic E-state index is 12.9. The van der Waals surface area contributed by atoms with E-state index < -0.39 is 0 Å². The molecule has 1 fully saturated rings. The zero-order valence-electron chi connectivity index (χ0n) is 11.4. The Morgan fingerprint density at radius 2 is 2.11 bits per heavy atom. The predicted molar refractivity (Wildman–Crippen MR) is 72.2 cm³/mol. The molecule has 1 saturated heterocycles. The third kappa shape index (κ3) is 3.52. The lowest BCUT2D eigenvalue weighted by Gasteiger charge is -2.36. The molecule has 1 unspecified atom stereocenters. The van der Waals surface area contributed by atoms with Gasteiger partial charge >= 0.3 is 0 Å². The molecule has 1 N–H and O–H groups in total. The monoisotopic (exact) mass is 265 g/mol. The van der Waals surface area contributed by atoms with E-state index in [4.69, 9.17) is 0 Å². The number of carbonyl (C=O) groups is 1. The van der Waals surface area contributed by atoms with E-state index >= 15 is 0 Å². The standard InChI is InChI=1S/C14H20FN3O/c1-17(2)14(19)13-9-16-7-8-18(13)10-11-3-5-12(15)6-4-11/h3-6,13,16H,7-10H2,1-2H3. The molecule has 5 heteroatoms. The van der Waals surface area contributed by atoms with E-state index in [0.29, 0.717) is 13.1 Å². The second-order valence-electron chi connectivity index (χ2n) is 5.05. The highest BCUT2D eigenvalue weighted by Crippen LogP contribution is 2.12. The first-order chi connectivity index (χ1) is 9.08. The van der Waals surface area contributed by atoms with Crippen LogP contribution < -0.4 is 5.32 Å². The molecule has 0 spiro atoms. The van der Waals surface area contributed by atoms with Crippen LogP contribution in [0.2, 0.25) is 0 Å². The molecular weight excluding hydrogens is 245 g/mol. The second kappa shape index (κ2) is 6.12. The first-order valence-electron chi connectivity index (χ1n) is 6.48. The highest BCUT2D eigenvalue weighted by molar-refractivity contribution is 5.81. The summed E-state index contributed by atoms with van der Waals surface area (Å²) >= 11 is 0. The van der Waals surface area contributed by atoms with Crippen molar-refractivity contribution in [2.45, 2.75) is 12.6 Å². The Morgan fingerprint density at radius 1 is 1.42 bits per heavy atom. The summed E-state index contributed by atoms with van der Waals surface area (Å²) in [5, 5.41) is 3.25. The van der Waals surface area contributed by atoms with Crippen molar-refractivity contribution in [3.63, 3.8) is 0 Å². The molecule has 1 amide bonds. The van der Waals surface area contributed by atoms with Gasteiger partial charge in [-0.05, 0) is 17.7 Å². The number of piperazine rings is 1. The first-order valence-corrected chi connectivity index (χ1v) is 6.48. The Hall–Kier alpha value is -1.46. The SMILES string of the molecule is CN(C)C(=O)C1CNCCN1Cc1ccc(F)cc1. The van der Waals surface area contributed by atoms with E-state index in [0.717, 1.165) is 18.7 Å². The van der Waals surface area contributed by atoms with Crippen LogP contribution >= 0.6 is 0 Å². The number of amides is 1. The van der Waals surface area contributed by atoms with Crippen LogP contribution in [0, 0.1) is 5.82 Å². The fourth-order valence-electron chi connectivity index (χ4n) is 2.30. The number of carbonyl (C=O) groups excluding carboxylic acids is 1. The summed E-state index contributed by atoms with van der Waals surface area (Å²) in [6.07, 6.45) is 0. The molecule has 0 bridgehead atoms. The van der Waals surface area contributed by atoms with Gasteiger partial charge in [0, 0.05) is 40.3 Å². The lowest BCUT2D eigenvalue weighted by molar-refractivity contribution is -0.135. The molecule has 0 radical (unpaired) electrons. The summed E-state index contributed by atoms with van der Waals surface area (Å²) in [5.41, 5.74) is 1.03. The molecule has 1 heterocycles. The molecule has 2 rings (SSSR count). The number of nitrogens with zero attached hydrogens (tertiary/aromatic N) is 2.